The van der Waals surface area contributed by atoms with Crippen LogP contribution in [-0.2, 0) is 0 Å². The maximum absolute atomic E-state index is 10.6. The fourth-order valence-electron chi connectivity index (χ4n) is 0.476. The third-order valence-corrected chi connectivity index (χ3v) is 0.906. The quantitative estimate of drug-likeness (QED) is 0.565. The van der Waals surface area contributed by atoms with Crippen LogP contribution >= 0.6 is 0 Å². The monoisotopic (exact) mass is 126 g/mol. The molecule has 1 aromatic rings. The number of aromatic nitrogens is 2. The molecule has 0 spiro atoms. The lowest BCUT2D eigenvalue weighted by atomic mass is 10.6. The molecule has 0 fully saturated rings. The van der Waals surface area contributed by atoms with Crippen molar-refractivity contribution in [1.82, 2.24) is 9.97 Å². The predicted molar refractivity (Wildman–Crippen MR) is 31.4 cm³/mol. The SMILES string of the molecule is COc1cnc[nH]c1=O. The molecule has 48 valence electrons. The molecule has 0 saturated carbocycles. The van der Waals surface area contributed by atoms with Crippen LogP contribution in [0.15, 0.2) is 17.3 Å². The summed E-state index contributed by atoms with van der Waals surface area (Å²) >= 11 is 0. The molecule has 1 aromatic heterocycles. The Labute approximate surface area is 51.5 Å². The summed E-state index contributed by atoms with van der Waals surface area (Å²) in [5.74, 6) is 0.234. The second kappa shape index (κ2) is 2.30. The lowest BCUT2D eigenvalue weighted by molar-refractivity contribution is 0.406. The molecule has 0 radical (unpaired) electrons. The average Bonchev–Trinajstić information content (AvgIpc) is 1.89. The van der Waals surface area contributed by atoms with Gasteiger partial charge in [-0.15, -0.1) is 0 Å². The lowest BCUT2D eigenvalue weighted by Crippen LogP contribution is -2.07. The normalized spacial score (nSPS) is 9.00. The second-order valence-corrected chi connectivity index (χ2v) is 1.45. The number of ether oxygens (including phenoxy) is 1. The molecule has 1 rings (SSSR count). The number of H-pyrrole nitrogens is 1. The van der Waals surface area contributed by atoms with Crippen LogP contribution in [0.25, 0.3) is 0 Å². The van der Waals surface area contributed by atoms with Crippen LogP contribution in [0.1, 0.15) is 0 Å². The molecule has 0 saturated heterocycles. The van der Waals surface area contributed by atoms with Crippen molar-refractivity contribution in [2.75, 3.05) is 7.11 Å². The van der Waals surface area contributed by atoms with Gasteiger partial charge in [-0.05, 0) is 0 Å². The third-order valence-electron chi connectivity index (χ3n) is 0.906. The zero-order chi connectivity index (χ0) is 6.69. The summed E-state index contributed by atoms with van der Waals surface area (Å²) in [6.45, 7) is 0. The molecule has 4 nitrogen and oxygen atoms in total. The van der Waals surface area contributed by atoms with Crippen LogP contribution in [0.5, 0.6) is 5.75 Å². The largest absolute Gasteiger partial charge is 0.490 e. The van der Waals surface area contributed by atoms with Gasteiger partial charge in [0, 0.05) is 0 Å². The Morgan fingerprint density at radius 3 is 3.00 bits per heavy atom. The number of nitrogens with zero attached hydrogens (tertiary/aromatic N) is 1. The number of aromatic amines is 1. The van der Waals surface area contributed by atoms with Crippen molar-refractivity contribution in [3.05, 3.63) is 22.9 Å². The van der Waals surface area contributed by atoms with Gasteiger partial charge in [0.1, 0.15) is 0 Å². The zero-order valence-electron chi connectivity index (χ0n) is 4.92. The Morgan fingerprint density at radius 1 is 1.78 bits per heavy atom. The highest BCUT2D eigenvalue weighted by atomic mass is 16.5. The highest BCUT2D eigenvalue weighted by Gasteiger charge is 1.92. The van der Waals surface area contributed by atoms with Gasteiger partial charge in [0.05, 0.1) is 19.6 Å². The topological polar surface area (TPSA) is 55.0 Å². The van der Waals surface area contributed by atoms with Crippen LogP contribution in [-0.4, -0.2) is 17.1 Å². The van der Waals surface area contributed by atoms with Crippen LogP contribution in [0.3, 0.4) is 0 Å². The summed E-state index contributed by atoms with van der Waals surface area (Å²) in [5.41, 5.74) is -0.257. The van der Waals surface area contributed by atoms with Crippen LogP contribution in [0.4, 0.5) is 0 Å². The third kappa shape index (κ3) is 1.07. The van der Waals surface area contributed by atoms with Gasteiger partial charge in [0.25, 0.3) is 5.56 Å². The van der Waals surface area contributed by atoms with Crippen molar-refractivity contribution in [3.8, 4) is 5.75 Å². The zero-order valence-corrected chi connectivity index (χ0v) is 4.92. The van der Waals surface area contributed by atoms with Gasteiger partial charge in [-0.1, -0.05) is 0 Å². The first-order valence-electron chi connectivity index (χ1n) is 2.41. The van der Waals surface area contributed by atoms with Crippen LogP contribution in [0.2, 0.25) is 0 Å². The van der Waals surface area contributed by atoms with E-state index in [1.165, 1.54) is 19.6 Å². The van der Waals surface area contributed by atoms with Crippen molar-refractivity contribution in [1.29, 1.82) is 0 Å². The second-order valence-electron chi connectivity index (χ2n) is 1.45. The van der Waals surface area contributed by atoms with E-state index in [0.717, 1.165) is 0 Å². The van der Waals surface area contributed by atoms with Crippen molar-refractivity contribution < 1.29 is 4.74 Å². The first-order chi connectivity index (χ1) is 4.34. The molecule has 0 unspecified atom stereocenters. The maximum atomic E-state index is 10.6. The van der Waals surface area contributed by atoms with Crippen LogP contribution in [0, 0.1) is 0 Å². The van der Waals surface area contributed by atoms with Crippen molar-refractivity contribution >= 4 is 0 Å². The van der Waals surface area contributed by atoms with E-state index in [-0.39, 0.29) is 11.3 Å². The number of hydrogen-bond donors (Lipinski definition) is 1. The van der Waals surface area contributed by atoms with Gasteiger partial charge in [0.15, 0.2) is 0 Å². The average molecular weight is 126 g/mol. The molecule has 4 heteroatoms. The standard InChI is InChI=1S/C5H6N2O2/c1-9-4-2-6-3-7-5(4)8/h2-3H,1H3,(H,6,7,8). The molecule has 9 heavy (non-hydrogen) atoms. The van der Waals surface area contributed by atoms with E-state index in [2.05, 4.69) is 14.7 Å². The molecule has 1 heterocycles. The summed E-state index contributed by atoms with van der Waals surface area (Å²) in [6, 6.07) is 0. The fourth-order valence-corrected chi connectivity index (χ4v) is 0.476. The van der Waals surface area contributed by atoms with Gasteiger partial charge in [-0.25, -0.2) is 4.98 Å². The Morgan fingerprint density at radius 2 is 2.56 bits per heavy atom. The number of hydrogen-bond acceptors (Lipinski definition) is 3. The highest BCUT2D eigenvalue weighted by Crippen LogP contribution is 1.92. The van der Waals surface area contributed by atoms with Gasteiger partial charge in [-0.3, -0.25) is 4.79 Å². The number of rotatable bonds is 1. The number of methoxy groups -OCH3 is 1. The Balaban J connectivity index is 3.16. The van der Waals surface area contributed by atoms with Gasteiger partial charge >= 0.3 is 0 Å². The molecule has 0 aromatic carbocycles. The minimum absolute atomic E-state index is 0.234. The minimum Gasteiger partial charge on any atom is -0.490 e. The molecule has 0 aliphatic rings. The first kappa shape index (κ1) is 5.81. The molecule has 0 atom stereocenters. The smallest absolute Gasteiger partial charge is 0.293 e. The number of nitrogens with one attached hydrogen (secondary N) is 1. The lowest BCUT2D eigenvalue weighted by Gasteiger charge is -1.92. The van der Waals surface area contributed by atoms with E-state index in [0.29, 0.717) is 0 Å². The maximum Gasteiger partial charge on any atom is 0.293 e. The van der Waals surface area contributed by atoms with E-state index in [9.17, 15) is 4.79 Å². The summed E-state index contributed by atoms with van der Waals surface area (Å²) in [6.07, 6.45) is 2.67. The van der Waals surface area contributed by atoms with Gasteiger partial charge in [0.2, 0.25) is 5.75 Å². The van der Waals surface area contributed by atoms with E-state index < -0.39 is 0 Å². The molecule has 0 bridgehead atoms. The van der Waals surface area contributed by atoms with Gasteiger partial charge in [-0.2, -0.15) is 0 Å². The predicted octanol–water partition coefficient (Wildman–Crippen LogP) is -0.221. The summed E-state index contributed by atoms with van der Waals surface area (Å²) in [7, 11) is 1.42. The Kier molecular flexibility index (Phi) is 1.48. The van der Waals surface area contributed by atoms with E-state index in [4.69, 9.17) is 0 Å². The Hall–Kier alpha value is -1.32. The molecule has 0 aliphatic heterocycles. The molecular formula is C5H6N2O2. The van der Waals surface area contributed by atoms with Crippen LogP contribution < -0.4 is 10.3 Å². The van der Waals surface area contributed by atoms with Crippen molar-refractivity contribution in [3.63, 3.8) is 0 Å². The van der Waals surface area contributed by atoms with E-state index in [1.807, 2.05) is 0 Å². The summed E-state index contributed by atoms with van der Waals surface area (Å²) in [5, 5.41) is 0. The highest BCUT2D eigenvalue weighted by molar-refractivity contribution is 5.09. The van der Waals surface area contributed by atoms with Crippen molar-refractivity contribution in [2.24, 2.45) is 0 Å². The molecule has 1 N–H and O–H groups in total. The van der Waals surface area contributed by atoms with Gasteiger partial charge < -0.3 is 9.72 Å². The van der Waals surface area contributed by atoms with E-state index in [1.54, 1.807) is 0 Å². The minimum atomic E-state index is -0.257. The summed E-state index contributed by atoms with van der Waals surface area (Å²) in [4.78, 5) is 16.6. The first-order valence-corrected chi connectivity index (χ1v) is 2.41. The van der Waals surface area contributed by atoms with E-state index >= 15 is 0 Å². The Bertz CT molecular complexity index is 243. The molecular weight excluding hydrogens is 120 g/mol. The summed E-state index contributed by atoms with van der Waals surface area (Å²) < 4.78 is 4.64. The fraction of sp³-hybridized carbons (Fsp3) is 0.200. The molecule has 0 amide bonds. The van der Waals surface area contributed by atoms with Crippen molar-refractivity contribution in [2.45, 2.75) is 0 Å². The molecule has 0 aliphatic carbocycles.